The van der Waals surface area contributed by atoms with E-state index in [9.17, 15) is 23.8 Å². The molecule has 0 radical (unpaired) electrons. The Morgan fingerprint density at radius 3 is 2.27 bits per heavy atom. The molecule has 1 amide bonds. The molecule has 0 spiro atoms. The van der Waals surface area contributed by atoms with Crippen molar-refractivity contribution in [3.05, 3.63) is 0 Å². The van der Waals surface area contributed by atoms with E-state index in [0.29, 0.717) is 0 Å². The second-order valence-corrected chi connectivity index (χ2v) is 6.50. The Balaban J connectivity index is 4.65. The maximum absolute atomic E-state index is 11.8. The SMILES string of the molecule is CC[C@H](OP(=O)(O)CCC(N)(N)C(=O)O)C(=O)NCC(=O)O. The molecule has 128 valence electrons. The molecule has 0 aromatic carbocycles. The normalized spacial score (nSPS) is 15.6. The predicted molar refractivity (Wildman–Crippen MR) is 73.9 cm³/mol. The van der Waals surface area contributed by atoms with E-state index >= 15 is 0 Å². The van der Waals surface area contributed by atoms with E-state index in [4.69, 9.17) is 26.2 Å². The summed E-state index contributed by atoms with van der Waals surface area (Å²) >= 11 is 0. The van der Waals surface area contributed by atoms with Crippen LogP contribution in [0.15, 0.2) is 0 Å². The summed E-state index contributed by atoms with van der Waals surface area (Å²) in [6.07, 6.45) is -2.58. The van der Waals surface area contributed by atoms with E-state index in [2.05, 4.69) is 0 Å². The standard InChI is InChI=1S/C10H20N3O8P/c1-2-6(8(16)13-5-7(14)15)21-22(19,20)4-3-10(11,12)9(17)18/h6H,2-5,11-12H2,1H3,(H,13,16)(H,14,15)(H,17,18)(H,19,20)/t6-/m0/s1. The summed E-state index contributed by atoms with van der Waals surface area (Å²) in [6.45, 7) is 0.820. The monoisotopic (exact) mass is 341 g/mol. The van der Waals surface area contributed by atoms with E-state index in [0.717, 1.165) is 0 Å². The van der Waals surface area contributed by atoms with Gasteiger partial charge in [-0.1, -0.05) is 6.92 Å². The molecule has 2 atom stereocenters. The number of aliphatic carboxylic acids is 2. The van der Waals surface area contributed by atoms with Crippen LogP contribution in [0.1, 0.15) is 19.8 Å². The molecule has 0 aliphatic rings. The van der Waals surface area contributed by atoms with E-state index < -0.39 is 56.3 Å². The van der Waals surface area contributed by atoms with Crippen LogP contribution in [0.4, 0.5) is 0 Å². The molecule has 8 N–H and O–H groups in total. The van der Waals surface area contributed by atoms with Crippen molar-refractivity contribution < 1.29 is 38.6 Å². The van der Waals surface area contributed by atoms with Gasteiger partial charge in [0.2, 0.25) is 5.91 Å². The molecule has 0 fully saturated rings. The Labute approximate surface area is 126 Å². The van der Waals surface area contributed by atoms with E-state index in [-0.39, 0.29) is 6.42 Å². The van der Waals surface area contributed by atoms with Gasteiger partial charge in [-0.05, 0) is 6.42 Å². The van der Waals surface area contributed by atoms with Crippen molar-refractivity contribution in [3.8, 4) is 0 Å². The van der Waals surface area contributed by atoms with Crippen molar-refractivity contribution in [3.63, 3.8) is 0 Å². The zero-order chi connectivity index (χ0) is 17.6. The zero-order valence-corrected chi connectivity index (χ0v) is 12.8. The Morgan fingerprint density at radius 1 is 1.32 bits per heavy atom. The zero-order valence-electron chi connectivity index (χ0n) is 11.9. The fourth-order valence-corrected chi connectivity index (χ4v) is 2.67. The second kappa shape index (κ2) is 8.20. The Bertz CT molecular complexity index is 481. The molecule has 1 unspecified atom stereocenters. The van der Waals surface area contributed by atoms with Crippen LogP contribution in [0.2, 0.25) is 0 Å². The molecule has 11 nitrogen and oxygen atoms in total. The first-order chi connectivity index (χ1) is 9.91. The lowest BCUT2D eigenvalue weighted by Gasteiger charge is -2.23. The van der Waals surface area contributed by atoms with Crippen molar-refractivity contribution in [1.29, 1.82) is 0 Å². The van der Waals surface area contributed by atoms with Gasteiger partial charge in [0.05, 0.1) is 6.16 Å². The van der Waals surface area contributed by atoms with E-state index in [1.54, 1.807) is 0 Å². The van der Waals surface area contributed by atoms with Crippen LogP contribution >= 0.6 is 7.60 Å². The Morgan fingerprint density at radius 2 is 1.86 bits per heavy atom. The predicted octanol–water partition coefficient (Wildman–Crippen LogP) is -1.74. The summed E-state index contributed by atoms with van der Waals surface area (Å²) in [5, 5.41) is 19.1. The highest BCUT2D eigenvalue weighted by Gasteiger charge is 2.35. The largest absolute Gasteiger partial charge is 0.480 e. The summed E-state index contributed by atoms with van der Waals surface area (Å²) in [4.78, 5) is 42.2. The molecular formula is C10H20N3O8P. The number of hydrogen-bond donors (Lipinski definition) is 6. The molecule has 0 rings (SSSR count). The lowest BCUT2D eigenvalue weighted by molar-refractivity contribution is -0.143. The Kier molecular flexibility index (Phi) is 7.64. The van der Waals surface area contributed by atoms with Crippen LogP contribution in [0.25, 0.3) is 0 Å². The van der Waals surface area contributed by atoms with Gasteiger partial charge < -0.3 is 31.9 Å². The molecular weight excluding hydrogens is 321 g/mol. The van der Waals surface area contributed by atoms with Gasteiger partial charge in [0.15, 0.2) is 5.66 Å². The molecule has 0 bridgehead atoms. The van der Waals surface area contributed by atoms with Gasteiger partial charge in [0.1, 0.15) is 12.6 Å². The molecule has 0 saturated carbocycles. The van der Waals surface area contributed by atoms with Crippen LogP contribution in [-0.2, 0) is 23.5 Å². The number of carbonyl (C=O) groups is 3. The number of carboxylic acids is 2. The quantitative estimate of drug-likeness (QED) is 0.195. The fourth-order valence-electron chi connectivity index (χ4n) is 1.27. The van der Waals surface area contributed by atoms with Crippen molar-refractivity contribution >= 4 is 25.4 Å². The molecule has 0 aromatic heterocycles. The first-order valence-electron chi connectivity index (χ1n) is 6.22. The minimum Gasteiger partial charge on any atom is -0.480 e. The van der Waals surface area contributed by atoms with Crippen molar-refractivity contribution in [2.75, 3.05) is 12.7 Å². The second-order valence-electron chi connectivity index (χ2n) is 4.57. The van der Waals surface area contributed by atoms with Crippen LogP contribution < -0.4 is 16.8 Å². The van der Waals surface area contributed by atoms with Gasteiger partial charge in [-0.2, -0.15) is 0 Å². The fraction of sp³-hybridized carbons (Fsp3) is 0.700. The van der Waals surface area contributed by atoms with Crippen molar-refractivity contribution in [2.24, 2.45) is 11.5 Å². The topological polar surface area (TPSA) is 202 Å². The summed E-state index contributed by atoms with van der Waals surface area (Å²) in [5.41, 5.74) is 8.23. The molecule has 0 heterocycles. The van der Waals surface area contributed by atoms with Gasteiger partial charge >= 0.3 is 19.5 Å². The molecule has 0 saturated heterocycles. The third-order valence-corrected chi connectivity index (χ3v) is 3.95. The van der Waals surface area contributed by atoms with Gasteiger partial charge in [0.25, 0.3) is 0 Å². The summed E-state index contributed by atoms with van der Waals surface area (Å²) in [7, 11) is -4.33. The first kappa shape index (κ1) is 20.5. The number of hydrogen-bond acceptors (Lipinski definition) is 7. The Hall–Kier alpha value is -1.52. The maximum atomic E-state index is 11.8. The number of carboxylic acid groups (broad SMARTS) is 2. The highest BCUT2D eigenvalue weighted by Crippen LogP contribution is 2.44. The van der Waals surface area contributed by atoms with Crippen LogP contribution in [0.5, 0.6) is 0 Å². The summed E-state index contributed by atoms with van der Waals surface area (Å²) in [5.74, 6) is -3.71. The van der Waals surface area contributed by atoms with Crippen molar-refractivity contribution in [2.45, 2.75) is 31.5 Å². The van der Waals surface area contributed by atoms with Crippen LogP contribution in [0, 0.1) is 0 Å². The number of rotatable bonds is 10. The third-order valence-electron chi connectivity index (χ3n) is 2.58. The number of nitrogens with two attached hydrogens (primary N) is 2. The van der Waals surface area contributed by atoms with Crippen LogP contribution in [0.3, 0.4) is 0 Å². The van der Waals surface area contributed by atoms with Gasteiger partial charge in [-0.3, -0.25) is 18.7 Å². The van der Waals surface area contributed by atoms with Gasteiger partial charge in [-0.25, -0.2) is 4.79 Å². The van der Waals surface area contributed by atoms with E-state index in [1.165, 1.54) is 6.92 Å². The average molecular weight is 341 g/mol. The maximum Gasteiger partial charge on any atom is 0.338 e. The third kappa shape index (κ3) is 7.48. The van der Waals surface area contributed by atoms with Gasteiger partial charge in [0, 0.05) is 6.42 Å². The molecule has 12 heteroatoms. The molecule has 0 aromatic rings. The number of nitrogens with one attached hydrogen (secondary N) is 1. The number of amides is 1. The highest BCUT2D eigenvalue weighted by molar-refractivity contribution is 7.52. The lowest BCUT2D eigenvalue weighted by Crippen LogP contribution is -2.56. The summed E-state index contributed by atoms with van der Waals surface area (Å²) in [6, 6.07) is 0. The van der Waals surface area contributed by atoms with E-state index in [1.807, 2.05) is 5.32 Å². The first-order valence-corrected chi connectivity index (χ1v) is 7.98. The lowest BCUT2D eigenvalue weighted by atomic mass is 10.1. The van der Waals surface area contributed by atoms with Gasteiger partial charge in [-0.15, -0.1) is 0 Å². The highest BCUT2D eigenvalue weighted by atomic mass is 31.2. The average Bonchev–Trinajstić information content (AvgIpc) is 2.40. The van der Waals surface area contributed by atoms with Crippen molar-refractivity contribution in [1.82, 2.24) is 5.32 Å². The minimum absolute atomic E-state index is 0.00528. The minimum atomic E-state index is -4.33. The molecule has 22 heavy (non-hydrogen) atoms. The number of carbonyl (C=O) groups excluding carboxylic acids is 1. The van der Waals surface area contributed by atoms with Crippen LogP contribution in [-0.4, -0.2) is 57.4 Å². The molecule has 0 aliphatic heterocycles. The summed E-state index contributed by atoms with van der Waals surface area (Å²) < 4.78 is 16.6. The smallest absolute Gasteiger partial charge is 0.338 e. The molecule has 0 aliphatic carbocycles.